The molecule has 0 spiro atoms. The van der Waals surface area contributed by atoms with Gasteiger partial charge in [-0.2, -0.15) is 0 Å². The topological polar surface area (TPSA) is 112 Å². The SMILES string of the molecule is C/C=C(/C)C(=O)O[C@H]1C[C@@]2(C)O[C@H]2[C@@H](OC(C)=O)[C@@]2(C)[C@@H](OC(C)=O)C[C@@](O)(C(C)C)[C@H]12. The van der Waals surface area contributed by atoms with Crippen LogP contribution < -0.4 is 0 Å². The minimum atomic E-state index is -1.32. The first kappa shape index (κ1) is 24.7. The van der Waals surface area contributed by atoms with Crippen LogP contribution in [0.1, 0.15) is 68.2 Å². The lowest BCUT2D eigenvalue weighted by Gasteiger charge is -2.46. The third-order valence-electron chi connectivity index (χ3n) is 7.84. The Morgan fingerprint density at radius 1 is 1.03 bits per heavy atom. The summed E-state index contributed by atoms with van der Waals surface area (Å²) in [6.45, 7) is 13.6. The van der Waals surface area contributed by atoms with Crippen LogP contribution >= 0.6 is 0 Å². The Morgan fingerprint density at radius 3 is 2.12 bits per heavy atom. The molecule has 0 aromatic carbocycles. The summed E-state index contributed by atoms with van der Waals surface area (Å²) >= 11 is 0. The van der Waals surface area contributed by atoms with Gasteiger partial charge in [-0.3, -0.25) is 9.59 Å². The number of hydrogen-bond donors (Lipinski definition) is 1. The number of rotatable bonds is 5. The highest BCUT2D eigenvalue weighted by atomic mass is 16.7. The van der Waals surface area contributed by atoms with E-state index in [0.717, 1.165) is 0 Å². The largest absolute Gasteiger partial charge is 0.462 e. The molecule has 2 aliphatic carbocycles. The van der Waals surface area contributed by atoms with E-state index < -0.39 is 64.9 Å². The van der Waals surface area contributed by atoms with Crippen LogP contribution in [0.15, 0.2) is 11.6 Å². The molecule has 0 aromatic rings. The van der Waals surface area contributed by atoms with Crippen LogP contribution in [-0.2, 0) is 33.3 Å². The molecule has 1 N–H and O–H groups in total. The zero-order valence-corrected chi connectivity index (χ0v) is 20.3. The number of carbonyl (C=O) groups excluding carboxylic acids is 3. The average Bonchev–Trinajstić information content (AvgIpc) is 3.27. The standard InChI is InChI=1S/C24H36O8/c1-9-13(4)21(27)31-16-10-22(7)19(32-22)20(30-15(6)26)23(8)17(29-14(5)25)11-24(28,12(2)3)18(16)23/h9,12,16-20,28H,10-11H2,1-8H3/b13-9-/t16-,17-,18+,19-,20+,22+,23-,24+/m0/s1. The lowest BCUT2D eigenvalue weighted by atomic mass is 9.66. The zero-order valence-electron chi connectivity index (χ0n) is 20.3. The van der Waals surface area contributed by atoms with Crippen molar-refractivity contribution in [2.24, 2.45) is 17.3 Å². The van der Waals surface area contributed by atoms with Crippen molar-refractivity contribution in [3.63, 3.8) is 0 Å². The molecule has 1 aliphatic heterocycles. The van der Waals surface area contributed by atoms with Crippen LogP contribution in [0, 0.1) is 17.3 Å². The normalized spacial score (nSPS) is 43.1. The van der Waals surface area contributed by atoms with Gasteiger partial charge in [-0.15, -0.1) is 0 Å². The van der Waals surface area contributed by atoms with Gasteiger partial charge in [-0.1, -0.05) is 26.8 Å². The third-order valence-corrected chi connectivity index (χ3v) is 7.84. The van der Waals surface area contributed by atoms with Gasteiger partial charge in [-0.05, 0) is 26.7 Å². The first-order valence-electron chi connectivity index (χ1n) is 11.3. The highest BCUT2D eigenvalue weighted by Crippen LogP contribution is 2.65. The molecular formula is C24H36O8. The van der Waals surface area contributed by atoms with Crippen LogP contribution in [-0.4, -0.2) is 58.6 Å². The number of carbonyl (C=O) groups is 3. The number of hydrogen-bond acceptors (Lipinski definition) is 8. The predicted octanol–water partition coefficient (Wildman–Crippen LogP) is 2.70. The van der Waals surface area contributed by atoms with E-state index >= 15 is 0 Å². The van der Waals surface area contributed by atoms with Gasteiger partial charge in [0, 0.05) is 38.2 Å². The molecular weight excluding hydrogens is 416 g/mol. The summed E-state index contributed by atoms with van der Waals surface area (Å²) in [6.07, 6.45) is -0.577. The maximum Gasteiger partial charge on any atom is 0.333 e. The summed E-state index contributed by atoms with van der Waals surface area (Å²) in [4.78, 5) is 36.9. The van der Waals surface area contributed by atoms with Crippen LogP contribution in [0.4, 0.5) is 0 Å². The quantitative estimate of drug-likeness (QED) is 0.293. The maximum atomic E-state index is 12.8. The van der Waals surface area contributed by atoms with Gasteiger partial charge < -0.3 is 24.1 Å². The third kappa shape index (κ3) is 3.85. The van der Waals surface area contributed by atoms with Crippen LogP contribution in [0.5, 0.6) is 0 Å². The molecule has 0 bridgehead atoms. The Bertz CT molecular complexity index is 834. The minimum Gasteiger partial charge on any atom is -0.462 e. The molecule has 0 radical (unpaired) electrons. The monoisotopic (exact) mass is 452 g/mol. The second-order valence-corrected chi connectivity index (χ2v) is 10.3. The van der Waals surface area contributed by atoms with Crippen molar-refractivity contribution in [3.8, 4) is 0 Å². The van der Waals surface area contributed by atoms with Crippen LogP contribution in [0.25, 0.3) is 0 Å². The second kappa shape index (κ2) is 8.13. The van der Waals surface area contributed by atoms with Crippen molar-refractivity contribution >= 4 is 17.9 Å². The van der Waals surface area contributed by atoms with Crippen molar-refractivity contribution in [2.75, 3.05) is 0 Å². The van der Waals surface area contributed by atoms with E-state index in [0.29, 0.717) is 12.0 Å². The van der Waals surface area contributed by atoms with Crippen molar-refractivity contribution < 1.29 is 38.4 Å². The number of fused-ring (bicyclic) bond motifs is 2. The molecule has 1 saturated heterocycles. The van der Waals surface area contributed by atoms with Gasteiger partial charge >= 0.3 is 17.9 Å². The van der Waals surface area contributed by atoms with Gasteiger partial charge in [0.2, 0.25) is 0 Å². The van der Waals surface area contributed by atoms with E-state index in [2.05, 4.69) is 0 Å². The van der Waals surface area contributed by atoms with Gasteiger partial charge in [-0.25, -0.2) is 4.79 Å². The first-order chi connectivity index (χ1) is 14.7. The smallest absolute Gasteiger partial charge is 0.333 e. The van der Waals surface area contributed by atoms with Crippen LogP contribution in [0.3, 0.4) is 0 Å². The van der Waals surface area contributed by atoms with Gasteiger partial charge in [0.05, 0.1) is 16.6 Å². The molecule has 2 saturated carbocycles. The fourth-order valence-corrected chi connectivity index (χ4v) is 5.90. The number of allylic oxidation sites excluding steroid dienone is 1. The van der Waals surface area contributed by atoms with Gasteiger partial charge in [0.15, 0.2) is 0 Å². The second-order valence-electron chi connectivity index (χ2n) is 10.3. The summed E-state index contributed by atoms with van der Waals surface area (Å²) in [7, 11) is 0. The molecule has 0 aromatic heterocycles. The Kier molecular flexibility index (Phi) is 6.28. The lowest BCUT2D eigenvalue weighted by molar-refractivity contribution is -0.191. The Labute approximate surface area is 189 Å². The Morgan fingerprint density at radius 2 is 1.62 bits per heavy atom. The summed E-state index contributed by atoms with van der Waals surface area (Å²) < 4.78 is 23.5. The molecule has 1 heterocycles. The average molecular weight is 453 g/mol. The van der Waals surface area contributed by atoms with Gasteiger partial charge in [0.25, 0.3) is 0 Å². The van der Waals surface area contributed by atoms with E-state index in [-0.39, 0.29) is 12.3 Å². The molecule has 180 valence electrons. The maximum absolute atomic E-state index is 12.8. The Hall–Kier alpha value is -1.93. The van der Waals surface area contributed by atoms with Crippen molar-refractivity contribution in [1.82, 2.24) is 0 Å². The highest BCUT2D eigenvalue weighted by Gasteiger charge is 2.77. The molecule has 0 unspecified atom stereocenters. The highest BCUT2D eigenvalue weighted by molar-refractivity contribution is 5.87. The number of esters is 3. The summed E-state index contributed by atoms with van der Waals surface area (Å²) in [5.41, 5.74) is -2.60. The lowest BCUT2D eigenvalue weighted by Crippen LogP contribution is -2.56. The molecule has 3 fully saturated rings. The molecule has 8 nitrogen and oxygen atoms in total. The van der Waals surface area contributed by atoms with Crippen molar-refractivity contribution in [2.45, 2.75) is 104 Å². The molecule has 8 heteroatoms. The Balaban J connectivity index is 2.19. The zero-order chi connectivity index (χ0) is 24.2. The molecule has 8 atom stereocenters. The fourth-order valence-electron chi connectivity index (χ4n) is 5.90. The first-order valence-corrected chi connectivity index (χ1v) is 11.3. The van der Waals surface area contributed by atoms with E-state index in [1.165, 1.54) is 13.8 Å². The van der Waals surface area contributed by atoms with E-state index in [9.17, 15) is 19.5 Å². The molecule has 3 rings (SSSR count). The van der Waals surface area contributed by atoms with Crippen molar-refractivity contribution in [3.05, 3.63) is 11.6 Å². The fraction of sp³-hybridized carbons (Fsp3) is 0.792. The molecule has 32 heavy (non-hydrogen) atoms. The van der Waals surface area contributed by atoms with E-state index in [1.807, 2.05) is 27.7 Å². The summed E-state index contributed by atoms with van der Waals surface area (Å²) in [5, 5.41) is 12.0. The molecule has 3 aliphatic rings. The minimum absolute atomic E-state index is 0.142. The number of ether oxygens (including phenoxy) is 4. The number of aliphatic hydroxyl groups is 1. The van der Waals surface area contributed by atoms with Gasteiger partial charge in [0.1, 0.15) is 24.4 Å². The number of epoxide rings is 1. The summed E-state index contributed by atoms with van der Waals surface area (Å²) in [5.74, 6) is -2.35. The molecule has 0 amide bonds. The summed E-state index contributed by atoms with van der Waals surface area (Å²) in [6, 6.07) is 0. The van der Waals surface area contributed by atoms with Crippen LogP contribution in [0.2, 0.25) is 0 Å². The van der Waals surface area contributed by atoms with Crippen molar-refractivity contribution in [1.29, 1.82) is 0 Å². The van der Waals surface area contributed by atoms with E-state index in [1.54, 1.807) is 19.9 Å². The van der Waals surface area contributed by atoms with E-state index in [4.69, 9.17) is 18.9 Å². The predicted molar refractivity (Wildman–Crippen MR) is 114 cm³/mol.